The van der Waals surface area contributed by atoms with Crippen molar-refractivity contribution in [2.24, 2.45) is 0 Å². The molecule has 0 fully saturated rings. The molecule has 1 aromatic heterocycles. The normalized spacial score (nSPS) is 11.2. The number of benzene rings is 1. The van der Waals surface area contributed by atoms with Gasteiger partial charge in [0.2, 0.25) is 0 Å². The molecule has 0 saturated carbocycles. The molecule has 0 atom stereocenters. The molecular formula is C10H10N4O4S. The summed E-state index contributed by atoms with van der Waals surface area (Å²) in [6, 6.07) is 6.48. The maximum atomic E-state index is 12.0. The summed E-state index contributed by atoms with van der Waals surface area (Å²) in [7, 11) is -4.07. The highest BCUT2D eigenvalue weighted by atomic mass is 32.2. The van der Waals surface area contributed by atoms with Gasteiger partial charge in [-0.3, -0.25) is 4.79 Å². The first-order valence-corrected chi connectivity index (χ1v) is 6.57. The van der Waals surface area contributed by atoms with Crippen molar-refractivity contribution in [1.82, 2.24) is 9.66 Å². The Morgan fingerprint density at radius 3 is 2.58 bits per heavy atom. The fourth-order valence-electron chi connectivity index (χ4n) is 1.36. The molecule has 0 unspecified atom stereocenters. The first-order chi connectivity index (χ1) is 8.90. The fraction of sp³-hybridized carbons (Fsp3) is 0. The Balaban J connectivity index is 2.49. The van der Waals surface area contributed by atoms with Crippen LogP contribution in [0.15, 0.2) is 51.0 Å². The van der Waals surface area contributed by atoms with Crippen molar-refractivity contribution in [1.29, 1.82) is 0 Å². The summed E-state index contributed by atoms with van der Waals surface area (Å²) in [6.07, 6.45) is 1.12. The number of anilines is 1. The molecule has 19 heavy (non-hydrogen) atoms. The second-order valence-electron chi connectivity index (χ2n) is 3.62. The Bertz CT molecular complexity index is 793. The lowest BCUT2D eigenvalue weighted by atomic mass is 10.3. The Labute approximate surface area is 107 Å². The maximum absolute atomic E-state index is 12.0. The summed E-state index contributed by atoms with van der Waals surface area (Å²) < 4.78 is 24.3. The molecule has 1 heterocycles. The highest BCUT2D eigenvalue weighted by molar-refractivity contribution is 7.92. The summed E-state index contributed by atoms with van der Waals surface area (Å²) in [5.41, 5.74) is 4.04. The summed E-state index contributed by atoms with van der Waals surface area (Å²) >= 11 is 0. The SMILES string of the molecule is Nc1cccc(S(=O)(=O)Nn2c(=O)cc[nH]c2=O)c1. The lowest BCUT2D eigenvalue weighted by molar-refractivity contribution is 0.592. The van der Waals surface area contributed by atoms with E-state index in [1.54, 1.807) is 0 Å². The van der Waals surface area contributed by atoms with E-state index < -0.39 is 21.3 Å². The van der Waals surface area contributed by atoms with Crippen LogP contribution in [-0.4, -0.2) is 18.1 Å². The fourth-order valence-corrected chi connectivity index (χ4v) is 2.43. The Kier molecular flexibility index (Phi) is 3.13. The lowest BCUT2D eigenvalue weighted by Gasteiger charge is -2.09. The molecule has 9 heteroatoms. The number of nitrogens with one attached hydrogen (secondary N) is 2. The third-order valence-corrected chi connectivity index (χ3v) is 3.53. The van der Waals surface area contributed by atoms with Gasteiger partial charge in [-0.2, -0.15) is 13.1 Å². The van der Waals surface area contributed by atoms with Crippen LogP contribution in [0.4, 0.5) is 5.69 Å². The van der Waals surface area contributed by atoms with Crippen LogP contribution < -0.4 is 21.8 Å². The molecule has 0 bridgehead atoms. The number of aromatic amines is 1. The van der Waals surface area contributed by atoms with Crippen molar-refractivity contribution < 1.29 is 8.42 Å². The van der Waals surface area contributed by atoms with E-state index >= 15 is 0 Å². The summed E-state index contributed by atoms with van der Waals surface area (Å²) in [5.74, 6) is 0. The van der Waals surface area contributed by atoms with Gasteiger partial charge in [0.25, 0.3) is 15.6 Å². The average Bonchev–Trinajstić information content (AvgIpc) is 2.34. The molecule has 2 rings (SSSR count). The summed E-state index contributed by atoms with van der Waals surface area (Å²) in [5, 5.41) is 0. The Morgan fingerprint density at radius 1 is 1.21 bits per heavy atom. The zero-order chi connectivity index (χ0) is 14.0. The molecule has 2 aromatic rings. The molecule has 0 aliphatic rings. The lowest BCUT2D eigenvalue weighted by Crippen LogP contribution is -2.42. The minimum atomic E-state index is -4.07. The minimum Gasteiger partial charge on any atom is -0.399 e. The van der Waals surface area contributed by atoms with Crippen LogP contribution in [0.25, 0.3) is 0 Å². The third-order valence-electron chi connectivity index (χ3n) is 2.24. The predicted molar refractivity (Wildman–Crippen MR) is 68.7 cm³/mol. The van der Waals surface area contributed by atoms with Gasteiger partial charge in [0.15, 0.2) is 0 Å². The van der Waals surface area contributed by atoms with Gasteiger partial charge in [0.1, 0.15) is 0 Å². The van der Waals surface area contributed by atoms with Crippen LogP contribution in [-0.2, 0) is 10.0 Å². The van der Waals surface area contributed by atoms with Crippen LogP contribution in [0.2, 0.25) is 0 Å². The van der Waals surface area contributed by atoms with Crippen LogP contribution in [0.1, 0.15) is 0 Å². The van der Waals surface area contributed by atoms with Crippen molar-refractivity contribution >= 4 is 15.7 Å². The minimum absolute atomic E-state index is 0.150. The van der Waals surface area contributed by atoms with E-state index in [-0.39, 0.29) is 10.6 Å². The monoisotopic (exact) mass is 282 g/mol. The number of H-pyrrole nitrogens is 1. The van der Waals surface area contributed by atoms with E-state index in [4.69, 9.17) is 5.73 Å². The van der Waals surface area contributed by atoms with Crippen molar-refractivity contribution in [2.45, 2.75) is 4.90 Å². The van der Waals surface area contributed by atoms with Gasteiger partial charge < -0.3 is 10.7 Å². The van der Waals surface area contributed by atoms with E-state index in [0.717, 1.165) is 12.3 Å². The number of sulfonamides is 1. The molecule has 1 aromatic carbocycles. The van der Waals surface area contributed by atoms with Gasteiger partial charge in [0, 0.05) is 18.0 Å². The number of hydrogen-bond donors (Lipinski definition) is 3. The molecule has 0 radical (unpaired) electrons. The second-order valence-corrected chi connectivity index (χ2v) is 5.28. The van der Waals surface area contributed by atoms with Crippen LogP contribution >= 0.6 is 0 Å². The van der Waals surface area contributed by atoms with E-state index in [1.165, 1.54) is 24.3 Å². The summed E-state index contributed by atoms with van der Waals surface area (Å²) in [6.45, 7) is 0. The molecule has 4 N–H and O–H groups in total. The van der Waals surface area contributed by atoms with E-state index in [0.29, 0.717) is 4.68 Å². The van der Waals surface area contributed by atoms with Gasteiger partial charge in [-0.05, 0) is 18.2 Å². The molecule has 0 aliphatic heterocycles. The highest BCUT2D eigenvalue weighted by Crippen LogP contribution is 2.12. The van der Waals surface area contributed by atoms with Crippen molar-refractivity contribution in [3.05, 3.63) is 57.4 Å². The van der Waals surface area contributed by atoms with Crippen LogP contribution in [0.3, 0.4) is 0 Å². The third kappa shape index (κ3) is 2.65. The van der Waals surface area contributed by atoms with Crippen LogP contribution in [0, 0.1) is 0 Å². The van der Waals surface area contributed by atoms with Gasteiger partial charge in [-0.25, -0.2) is 9.63 Å². The quantitative estimate of drug-likeness (QED) is 0.625. The second kappa shape index (κ2) is 4.61. The van der Waals surface area contributed by atoms with E-state index in [2.05, 4.69) is 4.98 Å². The molecule has 0 spiro atoms. The number of nitrogens with two attached hydrogens (primary N) is 1. The van der Waals surface area contributed by atoms with Crippen LogP contribution in [0.5, 0.6) is 0 Å². The largest absolute Gasteiger partial charge is 0.399 e. The maximum Gasteiger partial charge on any atom is 0.348 e. The molecule has 0 amide bonds. The molecule has 0 saturated heterocycles. The van der Waals surface area contributed by atoms with Gasteiger partial charge in [-0.1, -0.05) is 6.07 Å². The number of nitrogens with zero attached hydrogens (tertiary/aromatic N) is 1. The van der Waals surface area contributed by atoms with Gasteiger partial charge in [0.05, 0.1) is 4.90 Å². The zero-order valence-corrected chi connectivity index (χ0v) is 10.3. The first-order valence-electron chi connectivity index (χ1n) is 5.09. The smallest absolute Gasteiger partial charge is 0.348 e. The van der Waals surface area contributed by atoms with Gasteiger partial charge in [-0.15, -0.1) is 0 Å². The Hall–Kier alpha value is -2.55. The van der Waals surface area contributed by atoms with Crippen molar-refractivity contribution in [3.8, 4) is 0 Å². The van der Waals surface area contributed by atoms with Crippen molar-refractivity contribution in [2.75, 3.05) is 10.6 Å². The number of aromatic nitrogens is 2. The topological polar surface area (TPSA) is 127 Å². The average molecular weight is 282 g/mol. The number of hydrogen-bond acceptors (Lipinski definition) is 5. The molecule has 100 valence electrons. The first kappa shape index (κ1) is 12.9. The predicted octanol–water partition coefficient (Wildman–Crippen LogP) is -0.949. The van der Waals surface area contributed by atoms with Crippen molar-refractivity contribution in [3.63, 3.8) is 0 Å². The number of rotatable bonds is 3. The molecular weight excluding hydrogens is 272 g/mol. The van der Waals surface area contributed by atoms with Gasteiger partial charge >= 0.3 is 5.69 Å². The Morgan fingerprint density at radius 2 is 1.95 bits per heavy atom. The molecule has 0 aliphatic carbocycles. The highest BCUT2D eigenvalue weighted by Gasteiger charge is 2.16. The summed E-state index contributed by atoms with van der Waals surface area (Å²) in [4.78, 5) is 26.7. The van der Waals surface area contributed by atoms with E-state index in [9.17, 15) is 18.0 Å². The van der Waals surface area contributed by atoms with E-state index in [1.807, 2.05) is 4.83 Å². The zero-order valence-electron chi connectivity index (χ0n) is 9.53. The molecule has 8 nitrogen and oxygen atoms in total. The number of nitrogen functional groups attached to an aromatic ring is 1. The standard InChI is InChI=1S/C10H10N4O4S/c11-7-2-1-3-8(6-7)19(17,18)13-14-9(15)4-5-12-10(14)16/h1-6,13H,11H2,(H,12,16).